The van der Waals surface area contributed by atoms with Crippen LogP contribution in [0.5, 0.6) is 0 Å². The van der Waals surface area contributed by atoms with E-state index in [9.17, 15) is 9.59 Å². The Hall–Kier alpha value is -1.92. The van der Waals surface area contributed by atoms with Crippen molar-refractivity contribution in [2.75, 3.05) is 39.5 Å². The Bertz CT molecular complexity index is 501. The van der Waals surface area contributed by atoms with Crippen molar-refractivity contribution in [1.82, 2.24) is 10.2 Å². The van der Waals surface area contributed by atoms with Gasteiger partial charge in [-0.05, 0) is 12.5 Å². The number of nitrogens with one attached hydrogen (secondary N) is 1. The van der Waals surface area contributed by atoms with Crippen LogP contribution in [0.25, 0.3) is 0 Å². The van der Waals surface area contributed by atoms with Crippen molar-refractivity contribution in [3.63, 3.8) is 0 Å². The van der Waals surface area contributed by atoms with E-state index in [4.69, 9.17) is 9.47 Å². The van der Waals surface area contributed by atoms with Crippen molar-refractivity contribution in [1.29, 1.82) is 0 Å². The van der Waals surface area contributed by atoms with Gasteiger partial charge in [-0.2, -0.15) is 0 Å². The van der Waals surface area contributed by atoms with Crippen LogP contribution in [0.4, 0.5) is 0 Å². The van der Waals surface area contributed by atoms with Crippen LogP contribution < -0.4 is 5.32 Å². The standard InChI is InChI=1S/C17H24N2O4/c1-2-23-17(21)15(12-14-6-4-3-5-7-14)18-16(20)13-19-8-10-22-11-9-19/h3-7,15H,2,8-13H2,1H3,(H,18,20)/t15-/m0/s1. The number of morpholine rings is 1. The number of hydrogen-bond donors (Lipinski definition) is 1. The zero-order chi connectivity index (χ0) is 16.5. The first-order valence-corrected chi connectivity index (χ1v) is 7.99. The van der Waals surface area contributed by atoms with Crippen LogP contribution in [-0.4, -0.2) is 62.3 Å². The van der Waals surface area contributed by atoms with Crippen LogP contribution in [0.2, 0.25) is 0 Å². The zero-order valence-corrected chi connectivity index (χ0v) is 13.5. The first-order valence-electron chi connectivity index (χ1n) is 7.99. The van der Waals surface area contributed by atoms with E-state index in [0.717, 1.165) is 18.7 Å². The third-order valence-electron chi connectivity index (χ3n) is 3.66. The quantitative estimate of drug-likeness (QED) is 0.746. The van der Waals surface area contributed by atoms with Gasteiger partial charge in [-0.3, -0.25) is 9.69 Å². The number of carbonyl (C=O) groups is 2. The minimum absolute atomic E-state index is 0.166. The predicted molar refractivity (Wildman–Crippen MR) is 86.0 cm³/mol. The molecule has 0 saturated carbocycles. The SMILES string of the molecule is CCOC(=O)[C@H](Cc1ccccc1)NC(=O)CN1CCOCC1. The highest BCUT2D eigenvalue weighted by molar-refractivity contribution is 5.85. The van der Waals surface area contributed by atoms with Crippen LogP contribution in [0, 0.1) is 0 Å². The van der Waals surface area contributed by atoms with Gasteiger partial charge in [0, 0.05) is 19.5 Å². The lowest BCUT2D eigenvalue weighted by Crippen LogP contribution is -2.49. The second kappa shape index (κ2) is 9.27. The average Bonchev–Trinajstić information content (AvgIpc) is 2.56. The summed E-state index contributed by atoms with van der Waals surface area (Å²) < 4.78 is 10.3. The number of nitrogens with zero attached hydrogens (tertiary/aromatic N) is 1. The topological polar surface area (TPSA) is 67.9 Å². The van der Waals surface area contributed by atoms with E-state index in [2.05, 4.69) is 5.32 Å². The lowest BCUT2D eigenvalue weighted by atomic mass is 10.1. The van der Waals surface area contributed by atoms with E-state index in [1.807, 2.05) is 35.2 Å². The van der Waals surface area contributed by atoms with Gasteiger partial charge in [-0.15, -0.1) is 0 Å². The lowest BCUT2D eigenvalue weighted by Gasteiger charge is -2.26. The Balaban J connectivity index is 1.93. The summed E-state index contributed by atoms with van der Waals surface area (Å²) in [5.41, 5.74) is 0.984. The minimum Gasteiger partial charge on any atom is -0.464 e. The molecule has 0 aromatic heterocycles. The Morgan fingerprint density at radius 1 is 1.26 bits per heavy atom. The number of esters is 1. The minimum atomic E-state index is -0.661. The Labute approximate surface area is 136 Å². The fraction of sp³-hybridized carbons (Fsp3) is 0.529. The van der Waals surface area contributed by atoms with Crippen molar-refractivity contribution < 1.29 is 19.1 Å². The molecule has 6 heteroatoms. The average molecular weight is 320 g/mol. The van der Waals surface area contributed by atoms with Crippen LogP contribution in [-0.2, 0) is 25.5 Å². The van der Waals surface area contributed by atoms with E-state index >= 15 is 0 Å². The normalized spacial score (nSPS) is 16.6. The number of hydrogen-bond acceptors (Lipinski definition) is 5. The van der Waals surface area contributed by atoms with Crippen LogP contribution in [0.15, 0.2) is 30.3 Å². The molecule has 0 radical (unpaired) electrons. The number of benzene rings is 1. The maximum absolute atomic E-state index is 12.2. The summed E-state index contributed by atoms with van der Waals surface area (Å²) in [6.45, 7) is 5.06. The molecule has 1 aliphatic heterocycles. The fourth-order valence-corrected chi connectivity index (χ4v) is 2.49. The third kappa shape index (κ3) is 6.00. The van der Waals surface area contributed by atoms with Gasteiger partial charge in [0.2, 0.25) is 5.91 Å². The second-order valence-corrected chi connectivity index (χ2v) is 5.45. The largest absolute Gasteiger partial charge is 0.464 e. The van der Waals surface area contributed by atoms with Crippen molar-refractivity contribution in [3.8, 4) is 0 Å². The molecular weight excluding hydrogens is 296 g/mol. The van der Waals surface area contributed by atoms with Gasteiger partial charge < -0.3 is 14.8 Å². The van der Waals surface area contributed by atoms with Crippen LogP contribution in [0.3, 0.4) is 0 Å². The molecule has 0 spiro atoms. The molecule has 1 fully saturated rings. The summed E-state index contributed by atoms with van der Waals surface area (Å²) >= 11 is 0. The Kier molecular flexibility index (Phi) is 7.03. The van der Waals surface area contributed by atoms with Gasteiger partial charge in [0.25, 0.3) is 0 Å². The number of amides is 1. The number of rotatable bonds is 7. The van der Waals surface area contributed by atoms with Crippen molar-refractivity contribution in [3.05, 3.63) is 35.9 Å². The molecule has 2 rings (SSSR count). The number of ether oxygens (including phenoxy) is 2. The third-order valence-corrected chi connectivity index (χ3v) is 3.66. The Morgan fingerprint density at radius 2 is 1.96 bits per heavy atom. The zero-order valence-electron chi connectivity index (χ0n) is 13.5. The summed E-state index contributed by atoms with van der Waals surface area (Å²) in [5.74, 6) is -0.562. The number of carbonyl (C=O) groups excluding carboxylic acids is 2. The molecular formula is C17H24N2O4. The first kappa shape index (κ1) is 17.4. The van der Waals surface area contributed by atoms with Crippen molar-refractivity contribution in [2.45, 2.75) is 19.4 Å². The first-order chi connectivity index (χ1) is 11.2. The summed E-state index contributed by atoms with van der Waals surface area (Å²) in [5, 5.41) is 2.80. The maximum Gasteiger partial charge on any atom is 0.328 e. The predicted octanol–water partition coefficient (Wildman–Crippen LogP) is 0.609. The highest BCUT2D eigenvalue weighted by Gasteiger charge is 2.23. The van der Waals surface area contributed by atoms with Crippen LogP contribution >= 0.6 is 0 Å². The van der Waals surface area contributed by atoms with E-state index in [1.54, 1.807) is 6.92 Å². The van der Waals surface area contributed by atoms with E-state index in [-0.39, 0.29) is 12.5 Å². The summed E-state index contributed by atoms with van der Waals surface area (Å²) in [6, 6.07) is 8.94. The van der Waals surface area contributed by atoms with Gasteiger partial charge >= 0.3 is 5.97 Å². The van der Waals surface area contributed by atoms with Gasteiger partial charge in [0.05, 0.1) is 26.4 Å². The molecule has 0 aliphatic carbocycles. The molecule has 1 atom stereocenters. The second-order valence-electron chi connectivity index (χ2n) is 5.45. The summed E-state index contributed by atoms with van der Waals surface area (Å²) in [7, 11) is 0. The van der Waals surface area contributed by atoms with E-state index in [1.165, 1.54) is 0 Å². The smallest absolute Gasteiger partial charge is 0.328 e. The molecule has 1 aliphatic rings. The molecule has 1 saturated heterocycles. The van der Waals surface area contributed by atoms with E-state index < -0.39 is 12.0 Å². The Morgan fingerprint density at radius 3 is 2.61 bits per heavy atom. The molecule has 1 amide bonds. The van der Waals surface area contributed by atoms with Crippen molar-refractivity contribution in [2.24, 2.45) is 0 Å². The molecule has 6 nitrogen and oxygen atoms in total. The molecule has 0 unspecified atom stereocenters. The van der Waals surface area contributed by atoms with Gasteiger partial charge in [-0.1, -0.05) is 30.3 Å². The monoisotopic (exact) mass is 320 g/mol. The molecule has 0 bridgehead atoms. The molecule has 1 aromatic carbocycles. The van der Waals surface area contributed by atoms with E-state index in [0.29, 0.717) is 26.2 Å². The van der Waals surface area contributed by atoms with Gasteiger partial charge in [0.1, 0.15) is 6.04 Å². The maximum atomic E-state index is 12.2. The van der Waals surface area contributed by atoms with Crippen LogP contribution in [0.1, 0.15) is 12.5 Å². The summed E-state index contributed by atoms with van der Waals surface area (Å²) in [6.07, 6.45) is 0.425. The molecule has 1 N–H and O–H groups in total. The lowest BCUT2D eigenvalue weighted by molar-refractivity contribution is -0.147. The summed E-state index contributed by atoms with van der Waals surface area (Å²) in [4.78, 5) is 26.3. The fourth-order valence-electron chi connectivity index (χ4n) is 2.49. The molecule has 1 aromatic rings. The molecule has 1 heterocycles. The molecule has 23 heavy (non-hydrogen) atoms. The highest BCUT2D eigenvalue weighted by atomic mass is 16.5. The highest BCUT2D eigenvalue weighted by Crippen LogP contribution is 2.05. The van der Waals surface area contributed by atoms with Gasteiger partial charge in [0.15, 0.2) is 0 Å². The van der Waals surface area contributed by atoms with Crippen molar-refractivity contribution >= 4 is 11.9 Å². The van der Waals surface area contributed by atoms with Gasteiger partial charge in [-0.25, -0.2) is 4.79 Å². The molecule has 126 valence electrons.